The highest BCUT2D eigenvalue weighted by Gasteiger charge is 2.27. The van der Waals surface area contributed by atoms with Crippen molar-refractivity contribution in [3.8, 4) is 5.75 Å². The smallest absolute Gasteiger partial charge is 0.359 e. The molecule has 1 unspecified atom stereocenters. The van der Waals surface area contributed by atoms with Crippen molar-refractivity contribution in [3.05, 3.63) is 83.9 Å². The van der Waals surface area contributed by atoms with Gasteiger partial charge in [0.1, 0.15) is 5.75 Å². The molecule has 3 aromatic rings. The summed E-state index contributed by atoms with van der Waals surface area (Å²) >= 11 is 0. The van der Waals surface area contributed by atoms with Gasteiger partial charge < -0.3 is 14.8 Å². The van der Waals surface area contributed by atoms with Crippen molar-refractivity contribution in [1.29, 1.82) is 0 Å². The fraction of sp³-hybridized carbons (Fsp3) is 0.182. The summed E-state index contributed by atoms with van der Waals surface area (Å²) < 4.78 is 11.0. The average molecular weight is 391 g/mol. The maximum atomic E-state index is 13.0. The highest BCUT2D eigenvalue weighted by atomic mass is 16.5. The van der Waals surface area contributed by atoms with Gasteiger partial charge in [0.05, 0.1) is 24.2 Å². The minimum absolute atomic E-state index is 0.0269. The second kappa shape index (κ2) is 9.45. The molecule has 0 aliphatic carbocycles. The number of ether oxygens (including phenoxy) is 2. The highest BCUT2D eigenvalue weighted by Crippen LogP contribution is 2.27. The Bertz CT molecular complexity index is 975. The number of aromatic nitrogens is 2. The van der Waals surface area contributed by atoms with Crippen molar-refractivity contribution in [2.75, 3.05) is 11.9 Å². The summed E-state index contributed by atoms with van der Waals surface area (Å²) in [5.74, 6) is -0.706. The van der Waals surface area contributed by atoms with Crippen LogP contribution in [0.25, 0.3) is 0 Å². The van der Waals surface area contributed by atoms with E-state index in [1.165, 1.54) is 12.4 Å². The molecular formula is C22H21N3O4. The quantitative estimate of drug-likeness (QED) is 0.618. The van der Waals surface area contributed by atoms with Crippen molar-refractivity contribution < 1.29 is 19.1 Å². The Morgan fingerprint density at radius 2 is 1.72 bits per heavy atom. The van der Waals surface area contributed by atoms with E-state index in [0.717, 1.165) is 0 Å². The average Bonchev–Trinajstić information content (AvgIpc) is 2.74. The number of benzene rings is 2. The van der Waals surface area contributed by atoms with Crippen LogP contribution in [0.4, 0.5) is 5.69 Å². The molecule has 0 saturated carbocycles. The minimum Gasteiger partial charge on any atom is -0.492 e. The van der Waals surface area contributed by atoms with Crippen LogP contribution in [0.3, 0.4) is 0 Å². The van der Waals surface area contributed by atoms with Gasteiger partial charge >= 0.3 is 5.97 Å². The Morgan fingerprint density at radius 1 is 1.00 bits per heavy atom. The van der Waals surface area contributed by atoms with E-state index in [2.05, 4.69) is 15.3 Å². The predicted molar refractivity (Wildman–Crippen MR) is 108 cm³/mol. The Kier molecular flexibility index (Phi) is 6.52. The van der Waals surface area contributed by atoms with E-state index in [0.29, 0.717) is 29.3 Å². The first kappa shape index (κ1) is 20.0. The summed E-state index contributed by atoms with van der Waals surface area (Å²) in [5.41, 5.74) is 1.73. The lowest BCUT2D eigenvalue weighted by Gasteiger charge is -2.19. The molecule has 2 aromatic carbocycles. The number of anilines is 1. The van der Waals surface area contributed by atoms with Gasteiger partial charge in [-0.05, 0) is 26.0 Å². The molecule has 0 fully saturated rings. The number of nitrogens with one attached hydrogen (secondary N) is 1. The van der Waals surface area contributed by atoms with Gasteiger partial charge in [-0.1, -0.05) is 42.5 Å². The van der Waals surface area contributed by atoms with Crippen LogP contribution in [-0.2, 0) is 9.53 Å². The predicted octanol–water partition coefficient (Wildman–Crippen LogP) is 3.72. The Hall–Kier alpha value is -3.74. The van der Waals surface area contributed by atoms with Crippen molar-refractivity contribution in [1.82, 2.24) is 9.97 Å². The Labute approximate surface area is 168 Å². The van der Waals surface area contributed by atoms with Crippen molar-refractivity contribution in [3.63, 3.8) is 0 Å². The number of hydrogen-bond acceptors (Lipinski definition) is 6. The molecule has 0 radical (unpaired) electrons. The summed E-state index contributed by atoms with van der Waals surface area (Å²) in [5, 5.41) is 2.78. The van der Waals surface area contributed by atoms with Crippen molar-refractivity contribution in [2.45, 2.75) is 20.0 Å². The molecule has 148 valence electrons. The van der Waals surface area contributed by atoms with Crippen LogP contribution in [0, 0.1) is 6.92 Å². The highest BCUT2D eigenvalue weighted by molar-refractivity contribution is 5.98. The zero-order chi connectivity index (χ0) is 20.6. The maximum Gasteiger partial charge on any atom is 0.359 e. The molecule has 1 heterocycles. The van der Waals surface area contributed by atoms with Crippen LogP contribution in [0.2, 0.25) is 0 Å². The number of esters is 1. The van der Waals surface area contributed by atoms with Gasteiger partial charge in [0.2, 0.25) is 6.10 Å². The molecule has 0 aliphatic heterocycles. The number of rotatable bonds is 7. The molecule has 1 amide bonds. The summed E-state index contributed by atoms with van der Waals surface area (Å²) in [6.45, 7) is 4.07. The summed E-state index contributed by atoms with van der Waals surface area (Å²) in [4.78, 5) is 33.6. The molecule has 0 spiro atoms. The number of amides is 1. The number of hydrogen-bond donors (Lipinski definition) is 1. The molecule has 0 bridgehead atoms. The van der Waals surface area contributed by atoms with E-state index >= 15 is 0 Å². The topological polar surface area (TPSA) is 90.4 Å². The monoisotopic (exact) mass is 391 g/mol. The Balaban J connectivity index is 1.85. The minimum atomic E-state index is -1.17. The van der Waals surface area contributed by atoms with Gasteiger partial charge in [0.25, 0.3) is 5.91 Å². The molecule has 1 atom stereocenters. The van der Waals surface area contributed by atoms with E-state index < -0.39 is 18.0 Å². The number of carbonyl (C=O) groups is 2. The molecule has 7 heteroatoms. The van der Waals surface area contributed by atoms with Crippen LogP contribution in [0.5, 0.6) is 5.75 Å². The number of para-hydroxylation sites is 2. The van der Waals surface area contributed by atoms with Gasteiger partial charge in [0, 0.05) is 11.8 Å². The number of nitrogens with zero attached hydrogens (tertiary/aromatic N) is 2. The molecule has 1 N–H and O–H groups in total. The second-order valence-corrected chi connectivity index (χ2v) is 6.16. The summed E-state index contributed by atoms with van der Waals surface area (Å²) in [6.07, 6.45) is 1.62. The number of aryl methyl sites for hydroxylation is 1. The van der Waals surface area contributed by atoms with Gasteiger partial charge in [-0.2, -0.15) is 0 Å². The third-order valence-electron chi connectivity index (χ3n) is 4.00. The fourth-order valence-corrected chi connectivity index (χ4v) is 2.62. The molecule has 7 nitrogen and oxygen atoms in total. The van der Waals surface area contributed by atoms with Crippen LogP contribution in [0.15, 0.2) is 67.0 Å². The molecule has 1 aromatic heterocycles. The lowest BCUT2D eigenvalue weighted by molar-refractivity contribution is -0.125. The van der Waals surface area contributed by atoms with Gasteiger partial charge in [0.15, 0.2) is 5.69 Å². The van der Waals surface area contributed by atoms with Crippen molar-refractivity contribution in [2.24, 2.45) is 0 Å². The normalized spacial score (nSPS) is 11.4. The lowest BCUT2D eigenvalue weighted by Crippen LogP contribution is -2.26. The fourth-order valence-electron chi connectivity index (χ4n) is 2.62. The summed E-state index contributed by atoms with van der Waals surface area (Å²) in [6, 6.07) is 15.8. The largest absolute Gasteiger partial charge is 0.492 e. The van der Waals surface area contributed by atoms with E-state index in [9.17, 15) is 9.59 Å². The molecule has 0 aliphatic rings. The van der Waals surface area contributed by atoms with E-state index in [1.54, 1.807) is 49.4 Å². The first-order valence-corrected chi connectivity index (χ1v) is 9.15. The first-order chi connectivity index (χ1) is 14.1. The molecule has 29 heavy (non-hydrogen) atoms. The van der Waals surface area contributed by atoms with Crippen molar-refractivity contribution >= 4 is 17.6 Å². The number of carbonyl (C=O) groups excluding carboxylic acids is 2. The third-order valence-corrected chi connectivity index (χ3v) is 4.00. The molecule has 3 rings (SSSR count). The lowest BCUT2D eigenvalue weighted by atomic mass is 10.1. The second-order valence-electron chi connectivity index (χ2n) is 6.16. The van der Waals surface area contributed by atoms with Gasteiger partial charge in [-0.3, -0.25) is 9.78 Å². The van der Waals surface area contributed by atoms with E-state index in [-0.39, 0.29) is 5.69 Å². The zero-order valence-corrected chi connectivity index (χ0v) is 16.2. The third kappa shape index (κ3) is 5.16. The van der Waals surface area contributed by atoms with Gasteiger partial charge in [-0.15, -0.1) is 0 Å². The first-order valence-electron chi connectivity index (χ1n) is 9.15. The van der Waals surface area contributed by atoms with E-state index in [4.69, 9.17) is 9.47 Å². The van der Waals surface area contributed by atoms with Crippen LogP contribution < -0.4 is 10.1 Å². The van der Waals surface area contributed by atoms with E-state index in [1.807, 2.05) is 19.1 Å². The van der Waals surface area contributed by atoms with Crippen LogP contribution >= 0.6 is 0 Å². The molecular weight excluding hydrogens is 370 g/mol. The summed E-state index contributed by atoms with van der Waals surface area (Å²) in [7, 11) is 0. The zero-order valence-electron chi connectivity index (χ0n) is 16.2. The standard InChI is InChI=1S/C22H21N3O4/c1-3-28-19-12-8-7-11-17(19)25-21(26)20(16-9-5-4-6-10-16)29-22(27)18-14-23-15(2)13-24-18/h4-14,20H,3H2,1-2H3,(H,25,26). The van der Waals surface area contributed by atoms with Crippen LogP contribution in [-0.4, -0.2) is 28.5 Å². The molecule has 0 saturated heterocycles. The van der Waals surface area contributed by atoms with Crippen LogP contribution in [0.1, 0.15) is 34.8 Å². The SMILES string of the molecule is CCOc1ccccc1NC(=O)C(OC(=O)c1cnc(C)cn1)c1ccccc1. The van der Waals surface area contributed by atoms with Gasteiger partial charge in [-0.25, -0.2) is 9.78 Å². The maximum absolute atomic E-state index is 13.0. The Morgan fingerprint density at radius 3 is 2.41 bits per heavy atom.